The van der Waals surface area contributed by atoms with Crippen molar-refractivity contribution >= 4 is 11.7 Å². The van der Waals surface area contributed by atoms with Crippen LogP contribution in [0.25, 0.3) is 0 Å². The number of nitrogens with zero attached hydrogens (tertiary/aromatic N) is 2. The van der Waals surface area contributed by atoms with E-state index < -0.39 is 5.97 Å². The third-order valence-corrected chi connectivity index (χ3v) is 4.41. The molecule has 0 atom stereocenters. The number of unbranched alkanes of at least 4 members (excludes halogenated alkanes) is 3. The van der Waals surface area contributed by atoms with Crippen LogP contribution in [-0.2, 0) is 4.79 Å². The number of aliphatic carboxylic acids is 1. The van der Waals surface area contributed by atoms with Crippen molar-refractivity contribution in [1.82, 2.24) is 4.90 Å². The molecule has 5 heteroatoms. The van der Waals surface area contributed by atoms with Gasteiger partial charge < -0.3 is 14.7 Å². The molecule has 1 N–H and O–H groups in total. The molecule has 0 aromatic heterocycles. The van der Waals surface area contributed by atoms with Crippen molar-refractivity contribution in [2.24, 2.45) is 0 Å². The fourth-order valence-corrected chi connectivity index (χ4v) is 3.07. The summed E-state index contributed by atoms with van der Waals surface area (Å²) in [5, 5.41) is 8.61. The van der Waals surface area contributed by atoms with Gasteiger partial charge in [0, 0.05) is 32.6 Å². The molecule has 5 nitrogen and oxygen atoms in total. The van der Waals surface area contributed by atoms with E-state index in [0.717, 1.165) is 64.2 Å². The molecular formula is C18H28N2O3. The van der Waals surface area contributed by atoms with Gasteiger partial charge in [-0.25, -0.2) is 0 Å². The molecule has 1 aliphatic heterocycles. The number of anilines is 1. The lowest BCUT2D eigenvalue weighted by molar-refractivity contribution is -0.137. The van der Waals surface area contributed by atoms with Gasteiger partial charge in [-0.3, -0.25) is 9.69 Å². The van der Waals surface area contributed by atoms with Crippen LogP contribution in [0.4, 0.5) is 5.69 Å². The number of methoxy groups -OCH3 is 1. The van der Waals surface area contributed by atoms with Crippen LogP contribution >= 0.6 is 0 Å². The third kappa shape index (κ3) is 5.75. The quantitative estimate of drug-likeness (QED) is 0.709. The van der Waals surface area contributed by atoms with Crippen LogP contribution in [0.5, 0.6) is 5.75 Å². The predicted molar refractivity (Wildman–Crippen MR) is 92.4 cm³/mol. The molecule has 0 aliphatic carbocycles. The summed E-state index contributed by atoms with van der Waals surface area (Å²) in [6.07, 6.45) is 4.41. The van der Waals surface area contributed by atoms with E-state index in [9.17, 15) is 4.79 Å². The fraction of sp³-hybridized carbons (Fsp3) is 0.611. The first-order valence-electron chi connectivity index (χ1n) is 8.53. The van der Waals surface area contributed by atoms with Crippen molar-refractivity contribution in [3.8, 4) is 5.75 Å². The smallest absolute Gasteiger partial charge is 0.303 e. The Hall–Kier alpha value is -1.75. The third-order valence-electron chi connectivity index (χ3n) is 4.41. The Bertz CT molecular complexity index is 485. The predicted octanol–water partition coefficient (Wildman–Crippen LogP) is 2.85. The van der Waals surface area contributed by atoms with Gasteiger partial charge in [-0.05, 0) is 31.5 Å². The highest BCUT2D eigenvalue weighted by molar-refractivity contribution is 5.66. The molecule has 2 rings (SSSR count). The second-order valence-electron chi connectivity index (χ2n) is 6.06. The van der Waals surface area contributed by atoms with Gasteiger partial charge in [-0.1, -0.05) is 25.0 Å². The van der Waals surface area contributed by atoms with Crippen molar-refractivity contribution in [1.29, 1.82) is 0 Å². The Balaban J connectivity index is 1.65. The zero-order valence-corrected chi connectivity index (χ0v) is 14.0. The van der Waals surface area contributed by atoms with Crippen LogP contribution in [0.3, 0.4) is 0 Å². The molecule has 0 spiro atoms. The number of benzene rings is 1. The van der Waals surface area contributed by atoms with Crippen LogP contribution in [0.15, 0.2) is 24.3 Å². The number of hydrogen-bond donors (Lipinski definition) is 1. The zero-order valence-electron chi connectivity index (χ0n) is 14.0. The zero-order chi connectivity index (χ0) is 16.5. The summed E-state index contributed by atoms with van der Waals surface area (Å²) in [7, 11) is 1.72. The van der Waals surface area contributed by atoms with E-state index in [2.05, 4.69) is 21.9 Å². The number of hydrogen-bond acceptors (Lipinski definition) is 4. The first-order valence-corrected chi connectivity index (χ1v) is 8.53. The molecule has 0 saturated carbocycles. The van der Waals surface area contributed by atoms with Gasteiger partial charge >= 0.3 is 5.97 Å². The second kappa shape index (κ2) is 9.40. The van der Waals surface area contributed by atoms with Crippen LogP contribution in [0.1, 0.15) is 32.1 Å². The summed E-state index contributed by atoms with van der Waals surface area (Å²) in [6, 6.07) is 8.19. The molecule has 1 aromatic rings. The minimum absolute atomic E-state index is 0.303. The molecule has 0 amide bonds. The highest BCUT2D eigenvalue weighted by Gasteiger charge is 2.18. The molecule has 23 heavy (non-hydrogen) atoms. The van der Waals surface area contributed by atoms with Crippen molar-refractivity contribution in [3.05, 3.63) is 24.3 Å². The molecule has 1 aromatic carbocycles. The van der Waals surface area contributed by atoms with Crippen LogP contribution in [-0.4, -0.2) is 55.8 Å². The van der Waals surface area contributed by atoms with Gasteiger partial charge in [0.15, 0.2) is 0 Å². The van der Waals surface area contributed by atoms with Crippen molar-refractivity contribution < 1.29 is 14.6 Å². The highest BCUT2D eigenvalue weighted by atomic mass is 16.5. The molecular weight excluding hydrogens is 292 g/mol. The van der Waals surface area contributed by atoms with Gasteiger partial charge in [-0.2, -0.15) is 0 Å². The number of para-hydroxylation sites is 2. The standard InChI is InChI=1S/C18H28N2O3/c1-23-17-9-6-5-8-16(17)20-14-12-19(13-15-20)11-7-3-2-4-10-18(21)22/h5-6,8-9H,2-4,7,10-15H2,1H3,(H,21,22). The van der Waals surface area contributed by atoms with Crippen LogP contribution in [0, 0.1) is 0 Å². The van der Waals surface area contributed by atoms with Gasteiger partial charge in [0.05, 0.1) is 12.8 Å². The van der Waals surface area contributed by atoms with E-state index in [1.807, 2.05) is 12.1 Å². The maximum Gasteiger partial charge on any atom is 0.303 e. The number of carboxylic acids is 1. The summed E-state index contributed by atoms with van der Waals surface area (Å²) >= 11 is 0. The molecule has 1 fully saturated rings. The molecule has 128 valence electrons. The maximum absolute atomic E-state index is 10.5. The van der Waals surface area contributed by atoms with Gasteiger partial charge in [0.1, 0.15) is 5.75 Å². The lowest BCUT2D eigenvalue weighted by Crippen LogP contribution is -2.46. The summed E-state index contributed by atoms with van der Waals surface area (Å²) in [4.78, 5) is 15.3. The number of ether oxygens (including phenoxy) is 1. The van der Waals surface area contributed by atoms with Crippen molar-refractivity contribution in [3.63, 3.8) is 0 Å². The van der Waals surface area contributed by atoms with Crippen molar-refractivity contribution in [2.75, 3.05) is 44.7 Å². The summed E-state index contributed by atoms with van der Waals surface area (Å²) in [5.41, 5.74) is 1.18. The van der Waals surface area contributed by atoms with Crippen LogP contribution < -0.4 is 9.64 Å². The molecule has 1 saturated heterocycles. The monoisotopic (exact) mass is 320 g/mol. The first kappa shape index (κ1) is 17.6. The average Bonchev–Trinajstić information content (AvgIpc) is 2.58. The van der Waals surface area contributed by atoms with Crippen molar-refractivity contribution in [2.45, 2.75) is 32.1 Å². The van der Waals surface area contributed by atoms with E-state index in [0.29, 0.717) is 6.42 Å². The van der Waals surface area contributed by atoms with Gasteiger partial charge in [0.2, 0.25) is 0 Å². The summed E-state index contributed by atoms with van der Waals surface area (Å²) in [6.45, 7) is 5.33. The maximum atomic E-state index is 10.5. The topological polar surface area (TPSA) is 53.0 Å². The van der Waals surface area contributed by atoms with E-state index in [4.69, 9.17) is 9.84 Å². The fourth-order valence-electron chi connectivity index (χ4n) is 3.07. The van der Waals surface area contributed by atoms with Gasteiger partial charge in [0.25, 0.3) is 0 Å². The number of carbonyl (C=O) groups is 1. The van der Waals surface area contributed by atoms with Gasteiger partial charge in [-0.15, -0.1) is 0 Å². The summed E-state index contributed by atoms with van der Waals surface area (Å²) < 4.78 is 5.45. The Morgan fingerprint density at radius 3 is 2.48 bits per heavy atom. The SMILES string of the molecule is COc1ccccc1N1CCN(CCCCCCC(=O)O)CC1. The molecule has 1 aliphatic rings. The molecule has 0 radical (unpaired) electrons. The Morgan fingerprint density at radius 1 is 1.09 bits per heavy atom. The molecule has 0 bridgehead atoms. The lowest BCUT2D eigenvalue weighted by atomic mass is 10.1. The molecule has 0 unspecified atom stereocenters. The minimum Gasteiger partial charge on any atom is -0.495 e. The number of carboxylic acid groups (broad SMARTS) is 1. The van der Waals surface area contributed by atoms with E-state index in [1.165, 1.54) is 5.69 Å². The normalized spacial score (nSPS) is 15.6. The number of rotatable bonds is 9. The second-order valence-corrected chi connectivity index (χ2v) is 6.06. The first-order chi connectivity index (χ1) is 11.2. The summed E-state index contributed by atoms with van der Waals surface area (Å²) in [5.74, 6) is 0.261. The minimum atomic E-state index is -0.683. The number of piperazine rings is 1. The Labute approximate surface area is 138 Å². The van der Waals surface area contributed by atoms with E-state index in [1.54, 1.807) is 7.11 Å². The van der Waals surface area contributed by atoms with E-state index >= 15 is 0 Å². The Morgan fingerprint density at radius 2 is 1.78 bits per heavy atom. The Kier molecular flexibility index (Phi) is 7.20. The highest BCUT2D eigenvalue weighted by Crippen LogP contribution is 2.28. The largest absolute Gasteiger partial charge is 0.495 e. The van der Waals surface area contributed by atoms with Crippen LogP contribution in [0.2, 0.25) is 0 Å². The lowest BCUT2D eigenvalue weighted by Gasteiger charge is -2.36. The molecule has 1 heterocycles. The van der Waals surface area contributed by atoms with E-state index in [-0.39, 0.29) is 0 Å². The average molecular weight is 320 g/mol.